The van der Waals surface area contributed by atoms with E-state index in [0.29, 0.717) is 6.04 Å². The van der Waals surface area contributed by atoms with E-state index in [1.54, 1.807) is 0 Å². The van der Waals surface area contributed by atoms with Crippen LogP contribution in [0.1, 0.15) is 44.2 Å². The van der Waals surface area contributed by atoms with Crippen molar-refractivity contribution in [3.05, 3.63) is 22.8 Å². The Hall–Kier alpha value is -0.800. The van der Waals surface area contributed by atoms with Crippen LogP contribution in [0.5, 0.6) is 0 Å². The molecule has 104 valence electrons. The molecule has 0 amide bonds. The second kappa shape index (κ2) is 6.10. The molecule has 4 heteroatoms. The minimum Gasteiger partial charge on any atom is -0.357 e. The van der Waals surface area contributed by atoms with Crippen molar-refractivity contribution < 1.29 is 0 Å². The summed E-state index contributed by atoms with van der Waals surface area (Å²) in [6, 6.07) is 4.76. The first kappa shape index (κ1) is 13.2. The molecule has 2 aliphatic rings. The first-order valence-corrected chi connectivity index (χ1v) is 7.84. The normalized spacial score (nSPS) is 20.4. The van der Waals surface area contributed by atoms with Crippen LogP contribution in [-0.4, -0.2) is 24.1 Å². The lowest BCUT2D eigenvalue weighted by Gasteiger charge is -2.22. The van der Waals surface area contributed by atoms with Gasteiger partial charge < -0.3 is 10.2 Å². The van der Waals surface area contributed by atoms with Crippen LogP contribution in [0.4, 0.5) is 5.82 Å². The lowest BCUT2D eigenvalue weighted by Crippen LogP contribution is -2.25. The summed E-state index contributed by atoms with van der Waals surface area (Å²) in [5.74, 6) is 1.10. The molecule has 19 heavy (non-hydrogen) atoms. The van der Waals surface area contributed by atoms with Gasteiger partial charge in [0.2, 0.25) is 0 Å². The van der Waals surface area contributed by atoms with E-state index < -0.39 is 0 Å². The standard InChI is InChI=1S/C15H22ClN3/c16-13-7-8-15(19-9-3-1-2-4-10-19)18-14(13)11-17-12-5-6-12/h7-8,12,17H,1-6,9-11H2. The SMILES string of the molecule is Clc1ccc(N2CCCCCC2)nc1CNC1CC1. The molecule has 0 atom stereocenters. The third kappa shape index (κ3) is 3.61. The Morgan fingerprint density at radius 2 is 1.89 bits per heavy atom. The Bertz CT molecular complexity index is 423. The number of rotatable bonds is 4. The lowest BCUT2D eigenvalue weighted by atomic mass is 10.2. The van der Waals surface area contributed by atoms with Crippen molar-refractivity contribution in [1.29, 1.82) is 0 Å². The molecular formula is C15H22ClN3. The number of pyridine rings is 1. The predicted molar refractivity (Wildman–Crippen MR) is 79.8 cm³/mol. The van der Waals surface area contributed by atoms with Crippen LogP contribution in [0.25, 0.3) is 0 Å². The molecule has 2 fully saturated rings. The fourth-order valence-electron chi connectivity index (χ4n) is 2.60. The van der Waals surface area contributed by atoms with Gasteiger partial charge in [-0.25, -0.2) is 4.98 Å². The van der Waals surface area contributed by atoms with Crippen molar-refractivity contribution in [2.24, 2.45) is 0 Å². The van der Waals surface area contributed by atoms with Gasteiger partial charge >= 0.3 is 0 Å². The molecule has 3 rings (SSSR count). The molecule has 1 aliphatic heterocycles. The molecule has 1 aromatic heterocycles. The summed E-state index contributed by atoms with van der Waals surface area (Å²) >= 11 is 6.25. The zero-order chi connectivity index (χ0) is 13.1. The highest BCUT2D eigenvalue weighted by Crippen LogP contribution is 2.24. The Morgan fingerprint density at radius 3 is 2.58 bits per heavy atom. The Morgan fingerprint density at radius 1 is 1.16 bits per heavy atom. The van der Waals surface area contributed by atoms with Crippen LogP contribution in [-0.2, 0) is 6.54 Å². The third-order valence-corrected chi connectivity index (χ3v) is 4.31. The topological polar surface area (TPSA) is 28.2 Å². The van der Waals surface area contributed by atoms with Crippen molar-refractivity contribution in [3.63, 3.8) is 0 Å². The van der Waals surface area contributed by atoms with Gasteiger partial charge in [-0.1, -0.05) is 24.4 Å². The van der Waals surface area contributed by atoms with Gasteiger partial charge in [-0.05, 0) is 37.8 Å². The summed E-state index contributed by atoms with van der Waals surface area (Å²) < 4.78 is 0. The smallest absolute Gasteiger partial charge is 0.128 e. The maximum Gasteiger partial charge on any atom is 0.128 e. The minimum absolute atomic E-state index is 0.694. The monoisotopic (exact) mass is 279 g/mol. The minimum atomic E-state index is 0.694. The van der Waals surface area contributed by atoms with E-state index in [9.17, 15) is 0 Å². The second-order valence-electron chi connectivity index (χ2n) is 5.65. The van der Waals surface area contributed by atoms with Gasteiger partial charge in [0.05, 0.1) is 10.7 Å². The molecule has 1 aliphatic carbocycles. The van der Waals surface area contributed by atoms with Crippen molar-refractivity contribution in [2.45, 2.75) is 51.1 Å². The molecule has 1 aromatic rings. The molecule has 0 aromatic carbocycles. The predicted octanol–water partition coefficient (Wildman–Crippen LogP) is 3.37. The van der Waals surface area contributed by atoms with Crippen LogP contribution in [0, 0.1) is 0 Å². The average molecular weight is 280 g/mol. The summed E-state index contributed by atoms with van der Waals surface area (Å²) in [6.45, 7) is 3.05. The van der Waals surface area contributed by atoms with E-state index in [-0.39, 0.29) is 0 Å². The van der Waals surface area contributed by atoms with Crippen LogP contribution >= 0.6 is 11.6 Å². The van der Waals surface area contributed by atoms with E-state index in [4.69, 9.17) is 16.6 Å². The van der Waals surface area contributed by atoms with Gasteiger partial charge in [-0.3, -0.25) is 0 Å². The number of anilines is 1. The summed E-state index contributed by atoms with van der Waals surface area (Å²) in [6.07, 6.45) is 7.84. The zero-order valence-electron chi connectivity index (χ0n) is 11.4. The number of aromatic nitrogens is 1. The van der Waals surface area contributed by atoms with Gasteiger partial charge in [0.1, 0.15) is 5.82 Å². The van der Waals surface area contributed by atoms with Crippen LogP contribution < -0.4 is 10.2 Å². The molecule has 0 spiro atoms. The molecule has 2 heterocycles. The van der Waals surface area contributed by atoms with Gasteiger partial charge in [-0.2, -0.15) is 0 Å². The number of hydrogen-bond donors (Lipinski definition) is 1. The quantitative estimate of drug-likeness (QED) is 0.916. The number of halogens is 1. The number of nitrogens with one attached hydrogen (secondary N) is 1. The van der Waals surface area contributed by atoms with Crippen LogP contribution in [0.15, 0.2) is 12.1 Å². The van der Waals surface area contributed by atoms with Gasteiger partial charge in [0.15, 0.2) is 0 Å². The van der Waals surface area contributed by atoms with Gasteiger partial charge in [0.25, 0.3) is 0 Å². The van der Waals surface area contributed by atoms with E-state index in [0.717, 1.165) is 36.2 Å². The first-order valence-electron chi connectivity index (χ1n) is 7.47. The fraction of sp³-hybridized carbons (Fsp3) is 0.667. The van der Waals surface area contributed by atoms with Crippen molar-refractivity contribution in [2.75, 3.05) is 18.0 Å². The summed E-state index contributed by atoms with van der Waals surface area (Å²) in [5.41, 5.74) is 0.996. The van der Waals surface area contributed by atoms with Crippen LogP contribution in [0.3, 0.4) is 0 Å². The average Bonchev–Trinajstić information content (AvgIpc) is 3.25. The highest BCUT2D eigenvalue weighted by Gasteiger charge is 2.21. The molecule has 0 bridgehead atoms. The number of nitrogens with zero attached hydrogens (tertiary/aromatic N) is 2. The largest absolute Gasteiger partial charge is 0.357 e. The fourth-order valence-corrected chi connectivity index (χ4v) is 2.77. The third-order valence-electron chi connectivity index (χ3n) is 3.97. The summed E-state index contributed by atoms with van der Waals surface area (Å²) in [5, 5.41) is 4.27. The molecule has 3 nitrogen and oxygen atoms in total. The molecule has 0 unspecified atom stereocenters. The van der Waals surface area contributed by atoms with E-state index in [1.807, 2.05) is 6.07 Å². The zero-order valence-corrected chi connectivity index (χ0v) is 12.1. The van der Waals surface area contributed by atoms with E-state index >= 15 is 0 Å². The summed E-state index contributed by atoms with van der Waals surface area (Å²) in [4.78, 5) is 7.18. The maximum atomic E-state index is 6.25. The Kier molecular flexibility index (Phi) is 4.24. The molecule has 0 radical (unpaired) electrons. The van der Waals surface area contributed by atoms with Crippen molar-refractivity contribution in [1.82, 2.24) is 10.3 Å². The molecular weight excluding hydrogens is 258 g/mol. The molecule has 1 saturated heterocycles. The van der Waals surface area contributed by atoms with Gasteiger partial charge in [-0.15, -0.1) is 0 Å². The second-order valence-corrected chi connectivity index (χ2v) is 6.06. The van der Waals surface area contributed by atoms with Crippen LogP contribution in [0.2, 0.25) is 5.02 Å². The Labute approximate surface area is 120 Å². The van der Waals surface area contributed by atoms with Gasteiger partial charge in [0, 0.05) is 25.7 Å². The maximum absolute atomic E-state index is 6.25. The van der Waals surface area contributed by atoms with Crippen molar-refractivity contribution >= 4 is 17.4 Å². The Balaban J connectivity index is 1.70. The number of hydrogen-bond acceptors (Lipinski definition) is 3. The van der Waals surface area contributed by atoms with E-state index in [1.165, 1.54) is 38.5 Å². The van der Waals surface area contributed by atoms with Crippen molar-refractivity contribution in [3.8, 4) is 0 Å². The molecule has 1 N–H and O–H groups in total. The summed E-state index contributed by atoms with van der Waals surface area (Å²) in [7, 11) is 0. The highest BCUT2D eigenvalue weighted by molar-refractivity contribution is 6.31. The molecule has 1 saturated carbocycles. The first-order chi connectivity index (χ1) is 9.33. The highest BCUT2D eigenvalue weighted by atomic mass is 35.5. The lowest BCUT2D eigenvalue weighted by molar-refractivity contribution is 0.671. The van der Waals surface area contributed by atoms with E-state index in [2.05, 4.69) is 16.3 Å².